The number of benzene rings is 1. The molecule has 126 valence electrons. The number of pyridine rings is 1. The van der Waals surface area contributed by atoms with Gasteiger partial charge < -0.3 is 4.74 Å². The average molecular weight is 336 g/mol. The summed E-state index contributed by atoms with van der Waals surface area (Å²) in [5.74, 6) is 0.851. The molecule has 0 fully saturated rings. The third kappa shape index (κ3) is 2.33. The van der Waals surface area contributed by atoms with Crippen LogP contribution in [0.5, 0.6) is 5.88 Å². The highest BCUT2D eigenvalue weighted by Gasteiger charge is 2.19. The standard InChI is InChI=1S/C19H17FN4O/c1-10-5-6-13(20)9-14(10)18-22-12(3)17-11(2)21-15-7-8-16(25-4)23-19(15)24(17)18/h5-9H,1-4H3. The number of rotatable bonds is 2. The molecule has 0 aliphatic rings. The van der Waals surface area contributed by atoms with E-state index in [2.05, 4.69) is 9.97 Å². The molecule has 4 aromatic rings. The lowest BCUT2D eigenvalue weighted by Gasteiger charge is -2.10. The molecule has 0 aliphatic carbocycles. The zero-order chi connectivity index (χ0) is 17.7. The minimum Gasteiger partial charge on any atom is -0.481 e. The van der Waals surface area contributed by atoms with E-state index < -0.39 is 0 Å². The van der Waals surface area contributed by atoms with Crippen molar-refractivity contribution >= 4 is 16.7 Å². The highest BCUT2D eigenvalue weighted by atomic mass is 19.1. The van der Waals surface area contributed by atoms with E-state index in [-0.39, 0.29) is 5.82 Å². The third-order valence-electron chi connectivity index (χ3n) is 4.37. The zero-order valence-corrected chi connectivity index (χ0v) is 14.5. The predicted molar refractivity (Wildman–Crippen MR) is 94.4 cm³/mol. The molecule has 0 spiro atoms. The first-order valence-electron chi connectivity index (χ1n) is 7.96. The van der Waals surface area contributed by atoms with E-state index in [1.165, 1.54) is 12.1 Å². The first-order chi connectivity index (χ1) is 12.0. The van der Waals surface area contributed by atoms with Crippen LogP contribution in [0.3, 0.4) is 0 Å². The van der Waals surface area contributed by atoms with Gasteiger partial charge in [0, 0.05) is 11.6 Å². The van der Waals surface area contributed by atoms with Crippen LogP contribution in [-0.2, 0) is 0 Å². The molecule has 6 heteroatoms. The topological polar surface area (TPSA) is 52.3 Å². The first-order valence-corrected chi connectivity index (χ1v) is 7.96. The number of fused-ring (bicyclic) bond motifs is 3. The van der Waals surface area contributed by atoms with E-state index >= 15 is 0 Å². The van der Waals surface area contributed by atoms with Gasteiger partial charge in [0.2, 0.25) is 5.88 Å². The Hall–Kier alpha value is -3.02. The SMILES string of the molecule is COc1ccc2nc(C)c3c(C)nc(-c4cc(F)ccc4C)n3c2n1. The second kappa shape index (κ2) is 5.51. The van der Waals surface area contributed by atoms with Crippen molar-refractivity contribution in [3.63, 3.8) is 0 Å². The molecule has 25 heavy (non-hydrogen) atoms. The Kier molecular flexibility index (Phi) is 3.42. The van der Waals surface area contributed by atoms with Crippen LogP contribution in [0.15, 0.2) is 30.3 Å². The van der Waals surface area contributed by atoms with Crippen LogP contribution in [0.25, 0.3) is 28.1 Å². The molecule has 1 aromatic carbocycles. The minimum atomic E-state index is -0.296. The van der Waals surface area contributed by atoms with Crippen LogP contribution in [0.1, 0.15) is 17.0 Å². The molecule has 5 nitrogen and oxygen atoms in total. The van der Waals surface area contributed by atoms with Crippen molar-refractivity contribution in [2.45, 2.75) is 20.8 Å². The molecular weight excluding hydrogens is 319 g/mol. The van der Waals surface area contributed by atoms with Crippen molar-refractivity contribution in [3.05, 3.63) is 53.1 Å². The van der Waals surface area contributed by atoms with E-state index in [0.29, 0.717) is 17.4 Å². The van der Waals surface area contributed by atoms with Gasteiger partial charge in [0.25, 0.3) is 0 Å². The third-order valence-corrected chi connectivity index (χ3v) is 4.37. The largest absolute Gasteiger partial charge is 0.481 e. The van der Waals surface area contributed by atoms with Gasteiger partial charge in [-0.05, 0) is 44.5 Å². The molecule has 3 aromatic heterocycles. The van der Waals surface area contributed by atoms with E-state index in [1.807, 2.05) is 31.2 Å². The lowest BCUT2D eigenvalue weighted by Crippen LogP contribution is -2.01. The minimum absolute atomic E-state index is 0.296. The molecule has 4 rings (SSSR count). The van der Waals surface area contributed by atoms with Gasteiger partial charge in [0.1, 0.15) is 17.2 Å². The quantitative estimate of drug-likeness (QED) is 0.555. The Morgan fingerprint density at radius 1 is 0.960 bits per heavy atom. The highest BCUT2D eigenvalue weighted by molar-refractivity contribution is 5.81. The Morgan fingerprint density at radius 3 is 2.48 bits per heavy atom. The Labute approximate surface area is 144 Å². The van der Waals surface area contributed by atoms with Crippen LogP contribution in [-0.4, -0.2) is 26.5 Å². The van der Waals surface area contributed by atoms with Gasteiger partial charge in [-0.15, -0.1) is 0 Å². The molecule has 0 amide bonds. The van der Waals surface area contributed by atoms with Gasteiger partial charge in [-0.1, -0.05) is 6.07 Å². The molecule has 3 heterocycles. The van der Waals surface area contributed by atoms with Crippen molar-refractivity contribution in [1.29, 1.82) is 0 Å². The van der Waals surface area contributed by atoms with Gasteiger partial charge >= 0.3 is 0 Å². The summed E-state index contributed by atoms with van der Waals surface area (Å²) >= 11 is 0. The number of ether oxygens (including phenoxy) is 1. The van der Waals surface area contributed by atoms with Crippen LogP contribution in [0.4, 0.5) is 4.39 Å². The van der Waals surface area contributed by atoms with Gasteiger partial charge in [-0.2, -0.15) is 4.98 Å². The zero-order valence-electron chi connectivity index (χ0n) is 14.5. The van der Waals surface area contributed by atoms with Gasteiger partial charge in [0.05, 0.1) is 24.0 Å². The van der Waals surface area contributed by atoms with Crippen molar-refractivity contribution < 1.29 is 9.13 Å². The van der Waals surface area contributed by atoms with Crippen LogP contribution in [0, 0.1) is 26.6 Å². The number of hydrogen-bond acceptors (Lipinski definition) is 4. The van der Waals surface area contributed by atoms with Crippen molar-refractivity contribution in [3.8, 4) is 17.3 Å². The number of methoxy groups -OCH3 is 1. The maximum atomic E-state index is 13.9. The number of imidazole rings is 1. The molecule has 0 radical (unpaired) electrons. The van der Waals surface area contributed by atoms with Crippen LogP contribution < -0.4 is 4.74 Å². The number of nitrogens with zero attached hydrogens (tertiary/aromatic N) is 4. The van der Waals surface area contributed by atoms with E-state index in [0.717, 1.165) is 33.5 Å². The maximum absolute atomic E-state index is 13.9. The van der Waals surface area contributed by atoms with E-state index in [4.69, 9.17) is 9.72 Å². The Balaban J connectivity index is 2.20. The van der Waals surface area contributed by atoms with Crippen molar-refractivity contribution in [2.75, 3.05) is 7.11 Å². The molecule has 0 unspecified atom stereocenters. The lowest BCUT2D eigenvalue weighted by molar-refractivity contribution is 0.399. The number of halogens is 1. The lowest BCUT2D eigenvalue weighted by atomic mass is 10.1. The summed E-state index contributed by atoms with van der Waals surface area (Å²) in [6.45, 7) is 5.81. The molecule has 0 saturated carbocycles. The molecule has 0 bridgehead atoms. The van der Waals surface area contributed by atoms with E-state index in [9.17, 15) is 4.39 Å². The Morgan fingerprint density at radius 2 is 1.72 bits per heavy atom. The first kappa shape index (κ1) is 15.5. The summed E-state index contributed by atoms with van der Waals surface area (Å²) in [6.07, 6.45) is 0. The van der Waals surface area contributed by atoms with Crippen LogP contribution >= 0.6 is 0 Å². The average Bonchev–Trinajstić information content (AvgIpc) is 2.95. The molecule has 0 aliphatic heterocycles. The van der Waals surface area contributed by atoms with Crippen molar-refractivity contribution in [1.82, 2.24) is 19.4 Å². The monoisotopic (exact) mass is 336 g/mol. The summed E-state index contributed by atoms with van der Waals surface area (Å²) < 4.78 is 21.1. The fourth-order valence-corrected chi connectivity index (χ4v) is 3.20. The summed E-state index contributed by atoms with van der Waals surface area (Å²) in [5.41, 5.74) is 5.61. The summed E-state index contributed by atoms with van der Waals surface area (Å²) in [5, 5.41) is 0. The molecule has 0 atom stereocenters. The van der Waals surface area contributed by atoms with Gasteiger partial charge in [0.15, 0.2) is 5.65 Å². The van der Waals surface area contributed by atoms with Crippen LogP contribution in [0.2, 0.25) is 0 Å². The molecule has 0 N–H and O–H groups in total. The fourth-order valence-electron chi connectivity index (χ4n) is 3.20. The predicted octanol–water partition coefficient (Wildman–Crippen LogP) is 4.02. The van der Waals surface area contributed by atoms with Crippen molar-refractivity contribution in [2.24, 2.45) is 0 Å². The van der Waals surface area contributed by atoms with Gasteiger partial charge in [-0.25, -0.2) is 14.4 Å². The number of aromatic nitrogens is 4. The molecule has 0 saturated heterocycles. The Bertz CT molecular complexity index is 1130. The molecular formula is C19H17FN4O. The fraction of sp³-hybridized carbons (Fsp3) is 0.211. The summed E-state index contributed by atoms with van der Waals surface area (Å²) in [4.78, 5) is 13.9. The summed E-state index contributed by atoms with van der Waals surface area (Å²) in [7, 11) is 1.57. The smallest absolute Gasteiger partial charge is 0.215 e. The highest BCUT2D eigenvalue weighted by Crippen LogP contribution is 2.30. The normalized spacial score (nSPS) is 11.4. The second-order valence-electron chi connectivity index (χ2n) is 6.06. The maximum Gasteiger partial charge on any atom is 0.215 e. The number of aryl methyl sites for hydroxylation is 3. The second-order valence-corrected chi connectivity index (χ2v) is 6.06. The summed E-state index contributed by atoms with van der Waals surface area (Å²) in [6, 6.07) is 8.35. The van der Waals surface area contributed by atoms with E-state index in [1.54, 1.807) is 19.2 Å². The number of hydrogen-bond donors (Lipinski definition) is 0. The van der Waals surface area contributed by atoms with Gasteiger partial charge in [-0.3, -0.25) is 4.40 Å².